The molecule has 1 aliphatic rings. The van der Waals surface area contributed by atoms with Gasteiger partial charge in [-0.25, -0.2) is 19.4 Å². The van der Waals surface area contributed by atoms with Crippen molar-refractivity contribution in [3.8, 4) is 17.1 Å². The molecule has 3 heterocycles. The zero-order valence-electron chi connectivity index (χ0n) is 23.3. The number of rotatable bonds is 8. The molecule has 1 aromatic carbocycles. The molecule has 1 fully saturated rings. The van der Waals surface area contributed by atoms with E-state index in [9.17, 15) is 32.7 Å². The van der Waals surface area contributed by atoms with Gasteiger partial charge in [0.25, 0.3) is 5.91 Å². The number of nitrogens with one attached hydrogen (secondary N) is 1. The van der Waals surface area contributed by atoms with Gasteiger partial charge in [-0.3, -0.25) is 14.5 Å². The van der Waals surface area contributed by atoms with Crippen molar-refractivity contribution in [2.24, 2.45) is 5.92 Å². The van der Waals surface area contributed by atoms with Gasteiger partial charge in [-0.05, 0) is 54.5 Å². The van der Waals surface area contributed by atoms with Crippen LogP contribution in [0.15, 0.2) is 53.4 Å². The summed E-state index contributed by atoms with van der Waals surface area (Å²) >= 11 is 0. The van der Waals surface area contributed by atoms with Gasteiger partial charge in [-0.2, -0.15) is 18.3 Å². The molecule has 2 N–H and O–H groups in total. The Morgan fingerprint density at radius 2 is 1.86 bits per heavy atom. The van der Waals surface area contributed by atoms with Crippen LogP contribution < -0.4 is 10.2 Å². The maximum Gasteiger partial charge on any atom is 0.437 e. The van der Waals surface area contributed by atoms with Crippen LogP contribution in [0.5, 0.6) is 0 Å². The molecule has 43 heavy (non-hydrogen) atoms. The molecule has 11 nitrogen and oxygen atoms in total. The number of aromatic nitrogens is 4. The smallest absolute Gasteiger partial charge is 0.437 e. The molecular weight excluding hydrogens is 569 g/mol. The highest BCUT2D eigenvalue weighted by molar-refractivity contribution is 6.03. The zero-order chi connectivity index (χ0) is 31.1. The molecule has 0 bridgehead atoms. The van der Waals surface area contributed by atoms with Crippen LogP contribution >= 0.6 is 0 Å². The largest absolute Gasteiger partial charge is 0.465 e. The second-order valence-corrected chi connectivity index (χ2v) is 11.2. The second kappa shape index (κ2) is 11.0. The van der Waals surface area contributed by atoms with Crippen molar-refractivity contribution in [1.82, 2.24) is 19.7 Å². The molecule has 1 saturated carbocycles. The molecule has 2 amide bonds. The first-order valence-electron chi connectivity index (χ1n) is 13.3. The third-order valence-electron chi connectivity index (χ3n) is 6.80. The Morgan fingerprint density at radius 1 is 1.16 bits per heavy atom. The fraction of sp³-hybridized carbons (Fsp3) is 0.310. The molecule has 1 aliphatic carbocycles. The van der Waals surface area contributed by atoms with Gasteiger partial charge in [0.15, 0.2) is 11.4 Å². The van der Waals surface area contributed by atoms with Crippen LogP contribution in [0.2, 0.25) is 0 Å². The third-order valence-corrected chi connectivity index (χ3v) is 6.80. The third kappa shape index (κ3) is 6.27. The lowest BCUT2D eigenvalue weighted by molar-refractivity contribution is -0.140. The molecule has 14 heteroatoms. The number of hydrogen-bond acceptors (Lipinski definition) is 7. The average Bonchev–Trinajstić information content (AvgIpc) is 3.44. The molecule has 3 aromatic heterocycles. The molecule has 224 valence electrons. The summed E-state index contributed by atoms with van der Waals surface area (Å²) in [6.45, 7) is 5.89. The molecule has 0 saturated heterocycles. The molecule has 0 atom stereocenters. The number of nitrogens with zero attached hydrogens (tertiary/aromatic N) is 5. The maximum atomic E-state index is 13.8. The first-order valence-corrected chi connectivity index (χ1v) is 13.3. The van der Waals surface area contributed by atoms with Crippen molar-refractivity contribution < 1.29 is 37.1 Å². The van der Waals surface area contributed by atoms with E-state index < -0.39 is 35.0 Å². The van der Waals surface area contributed by atoms with Gasteiger partial charge >= 0.3 is 12.3 Å². The van der Waals surface area contributed by atoms with E-state index in [1.807, 2.05) is 20.8 Å². The number of alkyl halides is 3. The van der Waals surface area contributed by atoms with Crippen LogP contribution in [-0.4, -0.2) is 49.7 Å². The second-order valence-electron chi connectivity index (χ2n) is 11.2. The van der Waals surface area contributed by atoms with Crippen molar-refractivity contribution in [2.75, 3.05) is 16.8 Å². The molecule has 4 aromatic rings. The Hall–Kier alpha value is -5.01. The van der Waals surface area contributed by atoms with Gasteiger partial charge in [0, 0.05) is 29.4 Å². The minimum absolute atomic E-state index is 0.0301. The first-order chi connectivity index (χ1) is 20.3. The van der Waals surface area contributed by atoms with Gasteiger partial charge < -0.3 is 14.8 Å². The summed E-state index contributed by atoms with van der Waals surface area (Å²) < 4.78 is 48.0. The summed E-state index contributed by atoms with van der Waals surface area (Å²) in [5, 5.41) is 15.7. The van der Waals surface area contributed by atoms with Crippen LogP contribution in [0.4, 0.5) is 29.5 Å². The van der Waals surface area contributed by atoms with Crippen LogP contribution in [-0.2, 0) is 11.6 Å². The minimum atomic E-state index is -4.89. The Labute approximate surface area is 243 Å². The summed E-state index contributed by atoms with van der Waals surface area (Å²) in [6, 6.07) is 7.25. The topological polar surface area (TPSA) is 143 Å². The highest BCUT2D eigenvalue weighted by Crippen LogP contribution is 2.40. The number of benzene rings is 1. The number of pyridine rings is 1. The van der Waals surface area contributed by atoms with Crippen molar-refractivity contribution in [3.63, 3.8) is 0 Å². The number of carbonyl (C=O) groups is 3. The molecule has 5 rings (SSSR count). The summed E-state index contributed by atoms with van der Waals surface area (Å²) in [4.78, 5) is 45.9. The summed E-state index contributed by atoms with van der Waals surface area (Å²) in [5.41, 5.74) is -1.40. The highest BCUT2D eigenvalue weighted by atomic mass is 19.4. The minimum Gasteiger partial charge on any atom is -0.465 e. The monoisotopic (exact) mass is 596 g/mol. The molecule has 0 spiro atoms. The maximum absolute atomic E-state index is 13.8. The SMILES string of the molecule is CC(C)(C)c1c(-c2nc(C(=O)Nc3cn(-c4ccc(C=O)cc4)nc3C(F)(F)F)co2)ccnc1N(CC1CC1)C(=O)O. The van der Waals surface area contributed by atoms with E-state index in [4.69, 9.17) is 4.42 Å². The number of carbonyl (C=O) groups excluding carboxylic acids is 2. The lowest BCUT2D eigenvalue weighted by atomic mass is 9.83. The predicted molar refractivity (Wildman–Crippen MR) is 148 cm³/mol. The quantitative estimate of drug-likeness (QED) is 0.229. The molecule has 0 radical (unpaired) electrons. The highest BCUT2D eigenvalue weighted by Gasteiger charge is 2.39. The number of hydrogen-bond donors (Lipinski definition) is 2. The number of anilines is 2. The van der Waals surface area contributed by atoms with E-state index in [2.05, 4.69) is 20.4 Å². The predicted octanol–water partition coefficient (Wildman–Crippen LogP) is 6.20. The number of carboxylic acid groups (broad SMARTS) is 1. The van der Waals surface area contributed by atoms with Gasteiger partial charge in [0.05, 0.1) is 17.6 Å². The lowest BCUT2D eigenvalue weighted by Gasteiger charge is -2.29. The number of aldehydes is 1. The van der Waals surface area contributed by atoms with E-state index in [1.165, 1.54) is 35.4 Å². The Bertz CT molecular complexity index is 1680. The fourth-order valence-corrected chi connectivity index (χ4v) is 4.59. The van der Waals surface area contributed by atoms with Crippen LogP contribution in [0.3, 0.4) is 0 Å². The van der Waals surface area contributed by atoms with E-state index in [1.54, 1.807) is 6.07 Å². The van der Waals surface area contributed by atoms with E-state index >= 15 is 0 Å². The van der Waals surface area contributed by atoms with E-state index in [0.717, 1.165) is 30.0 Å². The number of oxazole rings is 1. The van der Waals surface area contributed by atoms with E-state index in [0.29, 0.717) is 23.0 Å². The number of halogens is 3. The van der Waals surface area contributed by atoms with Crippen molar-refractivity contribution in [1.29, 1.82) is 0 Å². The zero-order valence-corrected chi connectivity index (χ0v) is 23.3. The van der Waals surface area contributed by atoms with Crippen molar-refractivity contribution in [2.45, 2.75) is 45.2 Å². The summed E-state index contributed by atoms with van der Waals surface area (Å²) in [7, 11) is 0. The lowest BCUT2D eigenvalue weighted by Crippen LogP contribution is -2.34. The Kier molecular flexibility index (Phi) is 7.54. The van der Waals surface area contributed by atoms with Crippen molar-refractivity contribution in [3.05, 3.63) is 71.5 Å². The van der Waals surface area contributed by atoms with E-state index in [-0.39, 0.29) is 35.6 Å². The summed E-state index contributed by atoms with van der Waals surface area (Å²) in [5.74, 6) is -0.550. The fourth-order valence-electron chi connectivity index (χ4n) is 4.59. The molecule has 0 unspecified atom stereocenters. The van der Waals surface area contributed by atoms with Crippen LogP contribution in [0, 0.1) is 5.92 Å². The Morgan fingerprint density at radius 3 is 2.44 bits per heavy atom. The standard InChI is InChI=1S/C29H27F3N6O5/c1-28(2,3)22-19(10-11-33-24(22)37(27(41)42)12-16-4-5-16)26-35-21(15-43-26)25(40)34-20-13-38(36-23(20)29(30,31)32)18-8-6-17(14-39)7-9-18/h6-11,13-16H,4-5,12H2,1-3H3,(H,34,40)(H,41,42). The first kappa shape index (κ1) is 29.5. The normalized spacial score (nSPS) is 13.5. The van der Waals surface area contributed by atoms with Crippen LogP contribution in [0.1, 0.15) is 65.7 Å². The Balaban J connectivity index is 1.47. The molecular formula is C29H27F3N6O5. The van der Waals surface area contributed by atoms with Gasteiger partial charge in [0.1, 0.15) is 18.4 Å². The average molecular weight is 597 g/mol. The van der Waals surface area contributed by atoms with Crippen molar-refractivity contribution >= 4 is 29.8 Å². The van der Waals surface area contributed by atoms with Gasteiger partial charge in [0.2, 0.25) is 5.89 Å². The number of amides is 2. The van der Waals surface area contributed by atoms with Crippen LogP contribution in [0.25, 0.3) is 17.1 Å². The van der Waals surface area contributed by atoms with Gasteiger partial charge in [-0.1, -0.05) is 20.8 Å². The molecule has 0 aliphatic heterocycles. The summed E-state index contributed by atoms with van der Waals surface area (Å²) in [6.07, 6.45) is -0.177. The van der Waals surface area contributed by atoms with Gasteiger partial charge in [-0.15, -0.1) is 0 Å².